The van der Waals surface area contributed by atoms with Crippen LogP contribution in [0, 0.1) is 17.2 Å². The molecule has 0 radical (unpaired) electrons. The van der Waals surface area contributed by atoms with Crippen molar-refractivity contribution in [3.63, 3.8) is 0 Å². The third-order valence-electron chi connectivity index (χ3n) is 3.85. The van der Waals surface area contributed by atoms with Gasteiger partial charge in [0.05, 0.1) is 4.90 Å². The highest BCUT2D eigenvalue weighted by Crippen LogP contribution is 2.26. The first-order valence-corrected chi connectivity index (χ1v) is 8.07. The summed E-state index contributed by atoms with van der Waals surface area (Å²) in [6, 6.07) is 3.95. The molecule has 0 bridgehead atoms. The number of nitrogens with one attached hydrogen (secondary N) is 1. The number of nitrogens with two attached hydrogens (primary N) is 1. The number of hydrogen-bond donors (Lipinski definition) is 2. The summed E-state index contributed by atoms with van der Waals surface area (Å²) in [4.78, 5) is -0.0837. The minimum atomic E-state index is -3.76. The van der Waals surface area contributed by atoms with Crippen molar-refractivity contribution < 1.29 is 12.8 Å². The van der Waals surface area contributed by atoms with Gasteiger partial charge in [-0.1, -0.05) is 33.8 Å². The van der Waals surface area contributed by atoms with Crippen molar-refractivity contribution in [2.45, 2.75) is 39.1 Å². The Kier molecular flexibility index (Phi) is 5.29. The van der Waals surface area contributed by atoms with Crippen molar-refractivity contribution in [1.82, 2.24) is 4.72 Å². The normalized spacial score (nSPS) is 12.9. The van der Waals surface area contributed by atoms with E-state index in [1.807, 2.05) is 27.7 Å². The summed E-state index contributed by atoms with van der Waals surface area (Å²) in [5, 5.41) is 0. The van der Waals surface area contributed by atoms with E-state index in [2.05, 4.69) is 4.72 Å². The van der Waals surface area contributed by atoms with Crippen LogP contribution in [0.5, 0.6) is 0 Å². The van der Waals surface area contributed by atoms with Crippen LogP contribution in [0.15, 0.2) is 23.1 Å². The molecule has 1 aromatic carbocycles. The molecule has 0 aliphatic carbocycles. The highest BCUT2D eigenvalue weighted by molar-refractivity contribution is 7.89. The maximum Gasteiger partial charge on any atom is 0.241 e. The molecule has 0 aliphatic rings. The maximum atomic E-state index is 13.6. The van der Waals surface area contributed by atoms with Crippen molar-refractivity contribution in [3.8, 4) is 0 Å². The molecule has 0 spiro atoms. The summed E-state index contributed by atoms with van der Waals surface area (Å²) >= 11 is 0. The molecule has 0 fully saturated rings. The van der Waals surface area contributed by atoms with Crippen LogP contribution in [0.2, 0.25) is 0 Å². The molecule has 114 valence electrons. The molecule has 1 aromatic rings. The van der Waals surface area contributed by atoms with Gasteiger partial charge in [-0.3, -0.25) is 0 Å². The standard InChI is InChI=1S/C14H23FN2O2S/c1-10(2)14(3,4)9-17-20(18,19)13-7-5-6-12(15)11(13)8-16/h5-7,10,17H,8-9,16H2,1-4H3. The molecule has 0 saturated carbocycles. The van der Waals surface area contributed by atoms with E-state index in [-0.39, 0.29) is 29.0 Å². The van der Waals surface area contributed by atoms with Crippen LogP contribution in [0.1, 0.15) is 33.3 Å². The number of benzene rings is 1. The molecule has 4 nitrogen and oxygen atoms in total. The van der Waals surface area contributed by atoms with Crippen LogP contribution in [0.3, 0.4) is 0 Å². The van der Waals surface area contributed by atoms with Gasteiger partial charge < -0.3 is 5.73 Å². The van der Waals surface area contributed by atoms with Crippen molar-refractivity contribution in [2.75, 3.05) is 6.54 Å². The molecular formula is C14H23FN2O2S. The Hall–Kier alpha value is -0.980. The van der Waals surface area contributed by atoms with E-state index in [1.54, 1.807) is 0 Å². The Morgan fingerprint density at radius 3 is 2.45 bits per heavy atom. The monoisotopic (exact) mass is 302 g/mol. The Morgan fingerprint density at radius 2 is 1.95 bits per heavy atom. The lowest BCUT2D eigenvalue weighted by Gasteiger charge is -2.29. The zero-order chi connectivity index (χ0) is 15.6. The van der Waals surface area contributed by atoms with Crippen LogP contribution in [0.4, 0.5) is 4.39 Å². The Bertz CT molecular complexity index is 569. The van der Waals surface area contributed by atoms with Gasteiger partial charge in [-0.15, -0.1) is 0 Å². The number of sulfonamides is 1. The van der Waals surface area contributed by atoms with Crippen molar-refractivity contribution >= 4 is 10.0 Å². The highest BCUT2D eigenvalue weighted by atomic mass is 32.2. The van der Waals surface area contributed by atoms with Crippen LogP contribution in [-0.2, 0) is 16.6 Å². The summed E-state index contributed by atoms with van der Waals surface area (Å²) in [5.41, 5.74) is 5.27. The number of rotatable bonds is 6. The van der Waals surface area contributed by atoms with E-state index in [1.165, 1.54) is 18.2 Å². The summed E-state index contributed by atoms with van der Waals surface area (Å²) < 4.78 is 40.8. The second kappa shape index (κ2) is 6.20. The fraction of sp³-hybridized carbons (Fsp3) is 0.571. The van der Waals surface area contributed by atoms with Gasteiger partial charge in [0, 0.05) is 18.7 Å². The summed E-state index contributed by atoms with van der Waals surface area (Å²) in [7, 11) is -3.76. The highest BCUT2D eigenvalue weighted by Gasteiger charge is 2.27. The quantitative estimate of drug-likeness (QED) is 0.846. The smallest absolute Gasteiger partial charge is 0.241 e. The fourth-order valence-electron chi connectivity index (χ4n) is 1.55. The molecule has 0 heterocycles. The SMILES string of the molecule is CC(C)C(C)(C)CNS(=O)(=O)c1cccc(F)c1CN. The lowest BCUT2D eigenvalue weighted by molar-refractivity contribution is 0.252. The molecule has 0 saturated heterocycles. The first kappa shape index (κ1) is 17.1. The molecule has 3 N–H and O–H groups in total. The van der Waals surface area contributed by atoms with Gasteiger partial charge >= 0.3 is 0 Å². The lowest BCUT2D eigenvalue weighted by Crippen LogP contribution is -2.37. The summed E-state index contributed by atoms with van der Waals surface area (Å²) in [6.45, 7) is 8.15. The first-order valence-electron chi connectivity index (χ1n) is 6.59. The minimum absolute atomic E-state index is 0.0161. The van der Waals surface area contributed by atoms with E-state index in [4.69, 9.17) is 5.73 Å². The average Bonchev–Trinajstić information content (AvgIpc) is 2.36. The van der Waals surface area contributed by atoms with Gasteiger partial charge in [0.25, 0.3) is 0 Å². The fourth-order valence-corrected chi connectivity index (χ4v) is 3.03. The van der Waals surface area contributed by atoms with E-state index >= 15 is 0 Å². The second-order valence-corrected chi connectivity index (χ2v) is 7.62. The van der Waals surface area contributed by atoms with Crippen molar-refractivity contribution in [1.29, 1.82) is 0 Å². The molecule has 6 heteroatoms. The molecule has 0 atom stereocenters. The number of hydrogen-bond acceptors (Lipinski definition) is 3. The van der Waals surface area contributed by atoms with Gasteiger partial charge in [-0.05, 0) is 23.5 Å². The maximum absolute atomic E-state index is 13.6. The van der Waals surface area contributed by atoms with Gasteiger partial charge in [-0.25, -0.2) is 17.5 Å². The van der Waals surface area contributed by atoms with Gasteiger partial charge in [0.15, 0.2) is 0 Å². The van der Waals surface area contributed by atoms with Crippen LogP contribution < -0.4 is 10.5 Å². The predicted octanol–water partition coefficient (Wildman–Crippen LogP) is 2.24. The Morgan fingerprint density at radius 1 is 1.35 bits per heavy atom. The predicted molar refractivity (Wildman–Crippen MR) is 78.1 cm³/mol. The topological polar surface area (TPSA) is 72.2 Å². The third kappa shape index (κ3) is 3.77. The molecule has 20 heavy (non-hydrogen) atoms. The average molecular weight is 302 g/mol. The van der Waals surface area contributed by atoms with Gasteiger partial charge in [-0.2, -0.15) is 0 Å². The number of halogens is 1. The molecular weight excluding hydrogens is 279 g/mol. The lowest BCUT2D eigenvalue weighted by atomic mass is 9.81. The molecule has 0 unspecified atom stereocenters. The van der Waals surface area contributed by atoms with Crippen LogP contribution in [-0.4, -0.2) is 15.0 Å². The second-order valence-electron chi connectivity index (χ2n) is 5.89. The van der Waals surface area contributed by atoms with E-state index in [0.717, 1.165) is 0 Å². The van der Waals surface area contributed by atoms with Gasteiger partial charge in [0.1, 0.15) is 5.82 Å². The van der Waals surface area contributed by atoms with Gasteiger partial charge in [0.2, 0.25) is 10.0 Å². The zero-order valence-electron chi connectivity index (χ0n) is 12.4. The van der Waals surface area contributed by atoms with Crippen molar-refractivity contribution in [2.24, 2.45) is 17.1 Å². The molecule has 0 aliphatic heterocycles. The van der Waals surface area contributed by atoms with Crippen LogP contribution >= 0.6 is 0 Å². The first-order chi connectivity index (χ1) is 9.12. The summed E-state index contributed by atoms with van der Waals surface area (Å²) in [5.74, 6) is -0.287. The third-order valence-corrected chi connectivity index (χ3v) is 5.34. The van der Waals surface area contributed by atoms with E-state index in [0.29, 0.717) is 5.92 Å². The Balaban J connectivity index is 3.04. The summed E-state index contributed by atoms with van der Waals surface area (Å²) in [6.07, 6.45) is 0. The molecule has 0 aromatic heterocycles. The van der Waals surface area contributed by atoms with E-state index in [9.17, 15) is 12.8 Å². The molecule has 1 rings (SSSR count). The molecule has 0 amide bonds. The zero-order valence-corrected chi connectivity index (χ0v) is 13.2. The van der Waals surface area contributed by atoms with Crippen LogP contribution in [0.25, 0.3) is 0 Å². The Labute approximate surface area is 120 Å². The largest absolute Gasteiger partial charge is 0.326 e. The van der Waals surface area contributed by atoms with E-state index < -0.39 is 15.8 Å². The minimum Gasteiger partial charge on any atom is -0.326 e. The van der Waals surface area contributed by atoms with Crippen molar-refractivity contribution in [3.05, 3.63) is 29.6 Å².